The van der Waals surface area contributed by atoms with E-state index in [2.05, 4.69) is 14.0 Å². The maximum absolute atomic E-state index is 10.8. The summed E-state index contributed by atoms with van der Waals surface area (Å²) in [5.41, 5.74) is 0. The first-order valence-corrected chi connectivity index (χ1v) is 4.41. The highest BCUT2D eigenvalue weighted by Gasteiger charge is 2.00. The molecule has 4 heteroatoms. The summed E-state index contributed by atoms with van der Waals surface area (Å²) in [6, 6.07) is 0. The van der Waals surface area contributed by atoms with Gasteiger partial charge < -0.3 is 9.47 Å². The Morgan fingerprint density at radius 2 is 2.25 bits per heavy atom. The minimum absolute atomic E-state index is 0.309. The van der Waals surface area contributed by atoms with E-state index in [1.54, 1.807) is 6.08 Å². The first-order valence-electron chi connectivity index (χ1n) is 3.84. The van der Waals surface area contributed by atoms with Crippen molar-refractivity contribution >= 4 is 15.2 Å². The minimum Gasteiger partial charge on any atom is -0.465 e. The Hall–Kier alpha value is -0.400. The van der Waals surface area contributed by atoms with Crippen molar-refractivity contribution in [3.63, 3.8) is 0 Å². The van der Waals surface area contributed by atoms with Gasteiger partial charge in [-0.2, -0.15) is 0 Å². The Morgan fingerprint density at radius 3 is 2.75 bits per heavy atom. The molecule has 0 fully saturated rings. The van der Waals surface area contributed by atoms with Crippen LogP contribution < -0.4 is 0 Å². The van der Waals surface area contributed by atoms with Crippen molar-refractivity contribution in [3.05, 3.63) is 11.4 Å². The molecule has 1 unspecified atom stereocenters. The summed E-state index contributed by atoms with van der Waals surface area (Å²) in [7, 11) is 3.70. The second-order valence-corrected chi connectivity index (χ2v) is 2.76. The van der Waals surface area contributed by atoms with Crippen LogP contribution in [0.25, 0.3) is 0 Å². The van der Waals surface area contributed by atoms with Gasteiger partial charge >= 0.3 is 5.97 Å². The first kappa shape index (κ1) is 11.6. The SMILES string of the molecule is CCOCCC=C(P)C(=O)OC. The lowest BCUT2D eigenvalue weighted by Crippen LogP contribution is -2.00. The normalized spacial score (nSPS) is 11.4. The van der Waals surface area contributed by atoms with Crippen molar-refractivity contribution in [2.24, 2.45) is 0 Å². The van der Waals surface area contributed by atoms with Crippen molar-refractivity contribution in [1.82, 2.24) is 0 Å². The van der Waals surface area contributed by atoms with Crippen molar-refractivity contribution < 1.29 is 14.3 Å². The largest absolute Gasteiger partial charge is 0.465 e. The molecule has 0 aliphatic carbocycles. The molecule has 0 heterocycles. The third-order valence-corrected chi connectivity index (χ3v) is 1.72. The molecular formula is C8H15O3P. The van der Waals surface area contributed by atoms with Crippen LogP contribution in [0.15, 0.2) is 11.4 Å². The van der Waals surface area contributed by atoms with E-state index in [1.165, 1.54) is 7.11 Å². The summed E-state index contributed by atoms with van der Waals surface area (Å²) in [4.78, 5) is 10.8. The van der Waals surface area contributed by atoms with Gasteiger partial charge in [0.1, 0.15) is 0 Å². The average Bonchev–Trinajstić information content (AvgIpc) is 2.10. The number of hydrogen-bond acceptors (Lipinski definition) is 3. The Balaban J connectivity index is 3.61. The Morgan fingerprint density at radius 1 is 1.58 bits per heavy atom. The Labute approximate surface area is 75.3 Å². The van der Waals surface area contributed by atoms with E-state index in [0.717, 1.165) is 6.42 Å². The number of methoxy groups -OCH3 is 1. The van der Waals surface area contributed by atoms with Crippen LogP contribution in [0, 0.1) is 0 Å². The van der Waals surface area contributed by atoms with E-state index >= 15 is 0 Å². The van der Waals surface area contributed by atoms with Gasteiger partial charge in [-0.05, 0) is 13.3 Å². The smallest absolute Gasteiger partial charge is 0.337 e. The van der Waals surface area contributed by atoms with Gasteiger partial charge in [0.05, 0.1) is 19.0 Å². The number of rotatable bonds is 5. The van der Waals surface area contributed by atoms with E-state index in [1.807, 2.05) is 6.92 Å². The molecule has 0 spiro atoms. The molecule has 0 aromatic rings. The Kier molecular flexibility index (Phi) is 7.02. The topological polar surface area (TPSA) is 35.5 Å². The minimum atomic E-state index is -0.309. The average molecular weight is 190 g/mol. The highest BCUT2D eigenvalue weighted by atomic mass is 31.0. The van der Waals surface area contributed by atoms with Crippen molar-refractivity contribution in [2.75, 3.05) is 20.3 Å². The van der Waals surface area contributed by atoms with Gasteiger partial charge in [0.15, 0.2) is 0 Å². The molecule has 0 radical (unpaired) electrons. The lowest BCUT2D eigenvalue weighted by molar-refractivity contribution is -0.135. The van der Waals surface area contributed by atoms with Gasteiger partial charge in [0, 0.05) is 6.61 Å². The molecule has 0 bridgehead atoms. The van der Waals surface area contributed by atoms with Gasteiger partial charge in [-0.1, -0.05) is 15.3 Å². The van der Waals surface area contributed by atoms with E-state index in [4.69, 9.17) is 4.74 Å². The zero-order valence-electron chi connectivity index (χ0n) is 7.50. The lowest BCUT2D eigenvalue weighted by Gasteiger charge is -1.99. The molecule has 0 saturated heterocycles. The molecular weight excluding hydrogens is 175 g/mol. The van der Waals surface area contributed by atoms with Crippen LogP contribution >= 0.6 is 9.24 Å². The van der Waals surface area contributed by atoms with Gasteiger partial charge in [-0.15, -0.1) is 0 Å². The van der Waals surface area contributed by atoms with Crippen LogP contribution in [-0.4, -0.2) is 26.3 Å². The number of carbonyl (C=O) groups is 1. The zero-order chi connectivity index (χ0) is 9.40. The number of ether oxygens (including phenoxy) is 2. The standard InChI is InChI=1S/C8H15O3P/c1-3-11-6-4-5-7(12)8(9)10-2/h5H,3-4,6,12H2,1-2H3. The molecule has 0 amide bonds. The monoisotopic (exact) mass is 190 g/mol. The highest BCUT2D eigenvalue weighted by Crippen LogP contribution is 2.07. The molecule has 70 valence electrons. The molecule has 0 saturated carbocycles. The summed E-state index contributed by atoms with van der Waals surface area (Å²) in [6.45, 7) is 3.29. The van der Waals surface area contributed by atoms with E-state index in [0.29, 0.717) is 18.5 Å². The van der Waals surface area contributed by atoms with E-state index < -0.39 is 0 Å². The fourth-order valence-electron chi connectivity index (χ4n) is 0.643. The molecule has 12 heavy (non-hydrogen) atoms. The van der Waals surface area contributed by atoms with Crippen molar-refractivity contribution in [3.8, 4) is 0 Å². The zero-order valence-corrected chi connectivity index (χ0v) is 8.66. The summed E-state index contributed by atoms with van der Waals surface area (Å²) in [6.07, 6.45) is 2.52. The second kappa shape index (κ2) is 7.26. The maximum atomic E-state index is 10.8. The van der Waals surface area contributed by atoms with Gasteiger partial charge in [-0.25, -0.2) is 4.79 Å². The van der Waals surface area contributed by atoms with Crippen LogP contribution in [0.1, 0.15) is 13.3 Å². The molecule has 0 aromatic carbocycles. The third-order valence-electron chi connectivity index (χ3n) is 1.25. The molecule has 0 aliphatic rings. The Bertz CT molecular complexity index is 166. The third kappa shape index (κ3) is 5.28. The maximum Gasteiger partial charge on any atom is 0.337 e. The van der Waals surface area contributed by atoms with Gasteiger partial charge in [-0.3, -0.25) is 0 Å². The lowest BCUT2D eigenvalue weighted by atomic mass is 10.4. The summed E-state index contributed by atoms with van der Waals surface area (Å²) in [5.74, 6) is -0.309. The molecule has 0 aliphatic heterocycles. The van der Waals surface area contributed by atoms with Crippen molar-refractivity contribution in [2.45, 2.75) is 13.3 Å². The van der Waals surface area contributed by atoms with Crippen LogP contribution in [0.4, 0.5) is 0 Å². The number of carbonyl (C=O) groups excluding carboxylic acids is 1. The van der Waals surface area contributed by atoms with E-state index in [9.17, 15) is 4.79 Å². The summed E-state index contributed by atoms with van der Waals surface area (Å²) < 4.78 is 9.59. The quantitative estimate of drug-likeness (QED) is 0.284. The van der Waals surface area contributed by atoms with Crippen LogP contribution in [0.2, 0.25) is 0 Å². The van der Waals surface area contributed by atoms with Crippen molar-refractivity contribution in [1.29, 1.82) is 0 Å². The van der Waals surface area contributed by atoms with Crippen LogP contribution in [-0.2, 0) is 14.3 Å². The number of esters is 1. The second-order valence-electron chi connectivity index (χ2n) is 2.14. The highest BCUT2D eigenvalue weighted by molar-refractivity contribution is 7.24. The molecule has 0 rings (SSSR count). The van der Waals surface area contributed by atoms with Gasteiger partial charge in [0.25, 0.3) is 0 Å². The van der Waals surface area contributed by atoms with Crippen LogP contribution in [0.3, 0.4) is 0 Å². The van der Waals surface area contributed by atoms with E-state index in [-0.39, 0.29) is 5.97 Å². The predicted molar refractivity (Wildman–Crippen MR) is 50.9 cm³/mol. The first-order chi connectivity index (χ1) is 5.72. The molecule has 0 N–H and O–H groups in total. The summed E-state index contributed by atoms with van der Waals surface area (Å²) >= 11 is 0. The fraction of sp³-hybridized carbons (Fsp3) is 0.625. The number of hydrogen-bond donors (Lipinski definition) is 0. The predicted octanol–water partition coefficient (Wildman–Crippen LogP) is 1.34. The summed E-state index contributed by atoms with van der Waals surface area (Å²) in [5, 5.41) is 0.553. The molecule has 1 atom stereocenters. The fourth-order valence-corrected chi connectivity index (χ4v) is 0.928. The van der Waals surface area contributed by atoms with Crippen LogP contribution in [0.5, 0.6) is 0 Å². The molecule has 3 nitrogen and oxygen atoms in total. The van der Waals surface area contributed by atoms with Gasteiger partial charge in [0.2, 0.25) is 0 Å². The molecule has 0 aromatic heterocycles.